The van der Waals surface area contributed by atoms with E-state index in [1.807, 2.05) is 47.9 Å². The van der Waals surface area contributed by atoms with Crippen LogP contribution in [0.4, 0.5) is 0 Å². The number of hydrogen-bond donors (Lipinski definition) is 4. The molecule has 8 nitrogen and oxygen atoms in total. The number of ether oxygens (including phenoxy) is 1. The van der Waals surface area contributed by atoms with Gasteiger partial charge in [0, 0.05) is 44.3 Å². The summed E-state index contributed by atoms with van der Waals surface area (Å²) in [6, 6.07) is 16.8. The molecular weight excluding hydrogens is 516 g/mol. The van der Waals surface area contributed by atoms with Crippen molar-refractivity contribution in [2.24, 2.45) is 0 Å². The summed E-state index contributed by atoms with van der Waals surface area (Å²) < 4.78 is 7.21. The molecule has 2 aromatic carbocycles. The van der Waals surface area contributed by atoms with E-state index in [-0.39, 0.29) is 0 Å². The Morgan fingerprint density at radius 3 is 2.70 bits per heavy atom. The average molecular weight is 545 g/mol. The van der Waals surface area contributed by atoms with Gasteiger partial charge in [-0.25, -0.2) is 9.59 Å². The minimum absolute atomic E-state index is 0.300. The number of piperidine rings is 1. The van der Waals surface area contributed by atoms with Crippen LogP contribution < -0.4 is 4.74 Å². The van der Waals surface area contributed by atoms with E-state index in [1.165, 1.54) is 15.0 Å². The number of β-amino-alcohol motifs (C(OH)–C–C–N with tert-alkyl or cyclic N) is 1. The molecule has 1 aliphatic rings. The summed E-state index contributed by atoms with van der Waals surface area (Å²) in [6.07, 6.45) is 3.61. The lowest BCUT2D eigenvalue weighted by Crippen LogP contribution is -2.45. The first-order chi connectivity index (χ1) is 17.7. The van der Waals surface area contributed by atoms with Gasteiger partial charge in [0.05, 0.1) is 0 Å². The zero-order chi connectivity index (χ0) is 26.5. The van der Waals surface area contributed by atoms with E-state index >= 15 is 0 Å². The van der Waals surface area contributed by atoms with Crippen LogP contribution in [0, 0.1) is 0 Å². The first-order valence-electron chi connectivity index (χ1n) is 12.0. The maximum atomic E-state index is 10.6. The number of H-pyrrole nitrogens is 1. The zero-order valence-electron chi connectivity index (χ0n) is 20.3. The average Bonchev–Trinajstić information content (AvgIpc) is 3.51. The molecule has 5 rings (SSSR count). The number of hydrogen-bond acceptors (Lipinski definition) is 6. The molecular formula is C27H29ClN2O6S. The SMILES string of the molecule is C[C@H]1C[C@@H](c2cc3ccc(Cl)cc3s2)CCN1C[C@H](O)COc1cccc2[nH]ccc12.O=C(O)C(=O)O. The highest BCUT2D eigenvalue weighted by atomic mass is 35.5. The molecule has 1 aliphatic heterocycles. The van der Waals surface area contributed by atoms with Crippen molar-refractivity contribution < 1.29 is 29.6 Å². The number of aromatic nitrogens is 1. The van der Waals surface area contributed by atoms with Gasteiger partial charge in [0.1, 0.15) is 18.5 Å². The number of nitrogens with zero attached hydrogens (tertiary/aromatic N) is 1. The highest BCUT2D eigenvalue weighted by molar-refractivity contribution is 7.19. The molecule has 0 spiro atoms. The van der Waals surface area contributed by atoms with Gasteiger partial charge in [0.25, 0.3) is 0 Å². The summed E-state index contributed by atoms with van der Waals surface area (Å²) in [5, 5.41) is 28.5. The zero-order valence-corrected chi connectivity index (χ0v) is 21.8. The quantitative estimate of drug-likeness (QED) is 0.246. The molecule has 0 radical (unpaired) electrons. The number of thiophene rings is 1. The molecule has 1 fully saturated rings. The van der Waals surface area contributed by atoms with Gasteiger partial charge in [-0.1, -0.05) is 23.7 Å². The Morgan fingerprint density at radius 2 is 1.97 bits per heavy atom. The fourth-order valence-electron chi connectivity index (χ4n) is 4.67. The number of benzene rings is 2. The summed E-state index contributed by atoms with van der Waals surface area (Å²) >= 11 is 8.02. The molecule has 0 saturated carbocycles. The van der Waals surface area contributed by atoms with Crippen LogP contribution in [-0.4, -0.2) is 69.0 Å². The predicted octanol–water partition coefficient (Wildman–Crippen LogP) is 5.20. The molecule has 3 atom stereocenters. The van der Waals surface area contributed by atoms with Crippen LogP contribution >= 0.6 is 22.9 Å². The summed E-state index contributed by atoms with van der Waals surface area (Å²) in [5.41, 5.74) is 1.05. The first-order valence-corrected chi connectivity index (χ1v) is 13.2. The topological polar surface area (TPSA) is 123 Å². The molecule has 0 unspecified atom stereocenters. The fourth-order valence-corrected chi connectivity index (χ4v) is 6.16. The molecule has 196 valence electrons. The van der Waals surface area contributed by atoms with Gasteiger partial charge in [-0.2, -0.15) is 0 Å². The van der Waals surface area contributed by atoms with Crippen LogP contribution in [0.5, 0.6) is 5.75 Å². The number of carboxylic acids is 2. The Labute approximate surface area is 223 Å². The third-order valence-electron chi connectivity index (χ3n) is 6.53. The lowest BCUT2D eigenvalue weighted by Gasteiger charge is -2.38. The van der Waals surface area contributed by atoms with Crippen LogP contribution in [0.3, 0.4) is 0 Å². The molecule has 0 amide bonds. The Morgan fingerprint density at radius 1 is 1.19 bits per heavy atom. The number of aliphatic hydroxyl groups excluding tert-OH is 1. The standard InChI is InChI=1S/C25H27ClN2O2S.C2H2O4/c1-16-11-18(24-12-17-5-6-19(26)13-25(17)31-24)8-10-28(16)14-20(29)15-30-23-4-2-3-22-21(23)7-9-27-22;3-1(4)2(5)6/h2-7,9,12-13,16,18,20,27,29H,8,10-11,14-15H2,1H3;(H,3,4)(H,5,6)/t16-,18-,20-;/m0./s1. The summed E-state index contributed by atoms with van der Waals surface area (Å²) in [7, 11) is 0. The van der Waals surface area contributed by atoms with E-state index in [2.05, 4.69) is 35.0 Å². The smallest absolute Gasteiger partial charge is 0.414 e. The number of carboxylic acid groups (broad SMARTS) is 2. The number of rotatable bonds is 6. The highest BCUT2D eigenvalue weighted by Crippen LogP contribution is 2.39. The Bertz CT molecular complexity index is 1370. The van der Waals surface area contributed by atoms with Crippen molar-refractivity contribution in [3.05, 3.63) is 64.6 Å². The van der Waals surface area contributed by atoms with E-state index in [4.69, 9.17) is 36.1 Å². The number of likely N-dealkylation sites (tertiary alicyclic amines) is 1. The lowest BCUT2D eigenvalue weighted by molar-refractivity contribution is -0.159. The van der Waals surface area contributed by atoms with Crippen LogP contribution in [-0.2, 0) is 9.59 Å². The second-order valence-electron chi connectivity index (χ2n) is 9.17. The monoisotopic (exact) mass is 544 g/mol. The predicted molar refractivity (Wildman–Crippen MR) is 145 cm³/mol. The molecule has 0 aliphatic carbocycles. The van der Waals surface area contributed by atoms with Gasteiger partial charge in [-0.3, -0.25) is 4.90 Å². The highest BCUT2D eigenvalue weighted by Gasteiger charge is 2.28. The molecule has 10 heteroatoms. The van der Waals surface area contributed by atoms with Crippen LogP contribution in [0.15, 0.2) is 54.7 Å². The third kappa shape index (κ3) is 6.81. The van der Waals surface area contributed by atoms with Crippen molar-refractivity contribution in [3.63, 3.8) is 0 Å². The number of aliphatic carboxylic acids is 2. The van der Waals surface area contributed by atoms with Gasteiger partial charge in [0.2, 0.25) is 0 Å². The first kappa shape index (κ1) is 26.9. The number of fused-ring (bicyclic) bond motifs is 2. The Hall–Kier alpha value is -3.11. The van der Waals surface area contributed by atoms with Crippen LogP contribution in [0.25, 0.3) is 21.0 Å². The van der Waals surface area contributed by atoms with E-state index in [0.29, 0.717) is 25.1 Å². The van der Waals surface area contributed by atoms with Crippen molar-refractivity contribution in [2.75, 3.05) is 19.7 Å². The lowest BCUT2D eigenvalue weighted by atomic mass is 9.90. The molecule has 4 aromatic rings. The number of nitrogens with one attached hydrogen (secondary N) is 1. The summed E-state index contributed by atoms with van der Waals surface area (Å²) in [5.74, 6) is -2.26. The number of aromatic amines is 1. The van der Waals surface area contributed by atoms with E-state index in [1.54, 1.807) is 0 Å². The van der Waals surface area contributed by atoms with Crippen LogP contribution in [0.1, 0.15) is 30.6 Å². The fraction of sp³-hybridized carbons (Fsp3) is 0.333. The molecule has 1 saturated heterocycles. The number of aliphatic hydroxyl groups is 1. The van der Waals surface area contributed by atoms with Gasteiger partial charge in [-0.15, -0.1) is 11.3 Å². The number of carbonyl (C=O) groups is 2. The largest absolute Gasteiger partial charge is 0.490 e. The maximum absolute atomic E-state index is 10.6. The van der Waals surface area contributed by atoms with Gasteiger partial charge in [0.15, 0.2) is 0 Å². The van der Waals surface area contributed by atoms with Crippen molar-refractivity contribution >= 4 is 55.9 Å². The van der Waals surface area contributed by atoms with Crippen molar-refractivity contribution in [2.45, 2.75) is 37.8 Å². The van der Waals surface area contributed by atoms with Gasteiger partial charge < -0.3 is 25.0 Å². The molecule has 3 heterocycles. The van der Waals surface area contributed by atoms with Gasteiger partial charge in [-0.05, 0) is 74.0 Å². The summed E-state index contributed by atoms with van der Waals surface area (Å²) in [4.78, 5) is 25.2. The third-order valence-corrected chi connectivity index (χ3v) is 8.03. The summed E-state index contributed by atoms with van der Waals surface area (Å²) in [6.45, 7) is 4.20. The van der Waals surface area contributed by atoms with Crippen molar-refractivity contribution in [3.8, 4) is 5.75 Å². The molecule has 0 bridgehead atoms. The second kappa shape index (κ2) is 12.0. The van der Waals surface area contributed by atoms with Gasteiger partial charge >= 0.3 is 11.9 Å². The molecule has 4 N–H and O–H groups in total. The maximum Gasteiger partial charge on any atom is 0.414 e. The van der Waals surface area contributed by atoms with E-state index in [9.17, 15) is 5.11 Å². The Kier molecular flexibility index (Phi) is 8.71. The normalized spacial score (nSPS) is 18.8. The number of halogens is 1. The minimum atomic E-state index is -1.82. The molecule has 37 heavy (non-hydrogen) atoms. The van der Waals surface area contributed by atoms with Crippen molar-refractivity contribution in [1.82, 2.24) is 9.88 Å². The van der Waals surface area contributed by atoms with Crippen LogP contribution in [0.2, 0.25) is 5.02 Å². The molecule has 2 aromatic heterocycles. The Balaban J connectivity index is 0.000000480. The van der Waals surface area contributed by atoms with E-state index < -0.39 is 18.0 Å². The van der Waals surface area contributed by atoms with E-state index in [0.717, 1.165) is 41.1 Å². The minimum Gasteiger partial charge on any atom is -0.490 e. The second-order valence-corrected chi connectivity index (χ2v) is 10.7. The van der Waals surface area contributed by atoms with Crippen molar-refractivity contribution in [1.29, 1.82) is 0 Å².